The molecule has 7 nitrogen and oxygen atoms in total. The van der Waals surface area contributed by atoms with Gasteiger partial charge in [0.25, 0.3) is 0 Å². The molecule has 1 aromatic heterocycles. The molecular weight excluding hydrogens is 489 g/mol. The predicted molar refractivity (Wildman–Crippen MR) is 128 cm³/mol. The van der Waals surface area contributed by atoms with Crippen LogP contribution in [0.25, 0.3) is 0 Å². The number of nitrogens with zero attached hydrogens (tertiary/aromatic N) is 3. The Labute approximate surface area is 190 Å². The highest BCUT2D eigenvalue weighted by atomic mass is 127. The molecule has 0 aromatic carbocycles. The summed E-state index contributed by atoms with van der Waals surface area (Å²) in [6.07, 6.45) is 0.572. The van der Waals surface area contributed by atoms with Gasteiger partial charge >= 0.3 is 6.09 Å². The molecule has 0 saturated carbocycles. The molecule has 1 unspecified atom stereocenters. The van der Waals surface area contributed by atoms with Gasteiger partial charge in [-0.2, -0.15) is 0 Å². The summed E-state index contributed by atoms with van der Waals surface area (Å²) in [5.74, 6) is 1.01. The third-order valence-corrected chi connectivity index (χ3v) is 4.97. The summed E-state index contributed by atoms with van der Waals surface area (Å²) >= 11 is 1.74. The molecule has 0 radical (unpaired) electrons. The number of amides is 1. The number of aromatic nitrogens is 1. The lowest BCUT2D eigenvalue weighted by Crippen LogP contribution is -2.43. The van der Waals surface area contributed by atoms with Crippen LogP contribution in [0.2, 0.25) is 0 Å². The normalized spacial score (nSPS) is 12.8. The van der Waals surface area contributed by atoms with Crippen LogP contribution in [0.15, 0.2) is 4.99 Å². The highest BCUT2D eigenvalue weighted by Crippen LogP contribution is 2.16. The number of aryl methyl sites for hydroxylation is 2. The van der Waals surface area contributed by atoms with Crippen LogP contribution < -0.4 is 10.6 Å². The van der Waals surface area contributed by atoms with E-state index in [0.717, 1.165) is 29.6 Å². The number of carbonyl (C=O) groups excluding carboxylic acids is 1. The third-order valence-electron chi connectivity index (χ3n) is 3.84. The van der Waals surface area contributed by atoms with Crippen LogP contribution in [0.5, 0.6) is 0 Å². The van der Waals surface area contributed by atoms with Crippen LogP contribution in [-0.2, 0) is 11.2 Å². The topological polar surface area (TPSA) is 78.9 Å². The number of rotatable bonds is 7. The van der Waals surface area contributed by atoms with Gasteiger partial charge in [-0.05, 0) is 40.5 Å². The Hall–Kier alpha value is -1.10. The number of aliphatic imine (C=N–C) groups is 1. The smallest absolute Gasteiger partial charge is 0.410 e. The molecule has 0 aliphatic carbocycles. The van der Waals surface area contributed by atoms with Crippen molar-refractivity contribution in [1.29, 1.82) is 0 Å². The highest BCUT2D eigenvalue weighted by Gasteiger charge is 2.20. The van der Waals surface area contributed by atoms with E-state index in [2.05, 4.69) is 34.5 Å². The maximum absolute atomic E-state index is 12.0. The van der Waals surface area contributed by atoms with E-state index in [9.17, 15) is 4.79 Å². The Bertz CT molecular complexity index is 623. The molecule has 9 heteroatoms. The monoisotopic (exact) mass is 525 g/mol. The maximum Gasteiger partial charge on any atom is 0.410 e. The zero-order valence-corrected chi connectivity index (χ0v) is 21.5. The number of halogens is 1. The van der Waals surface area contributed by atoms with Crippen LogP contribution in [0.1, 0.15) is 43.3 Å². The summed E-state index contributed by atoms with van der Waals surface area (Å²) in [5.41, 5.74) is 0.633. The molecule has 0 saturated heterocycles. The minimum atomic E-state index is -0.479. The first-order valence-corrected chi connectivity index (χ1v) is 10.1. The van der Waals surface area contributed by atoms with Gasteiger partial charge in [0.05, 0.1) is 10.7 Å². The summed E-state index contributed by atoms with van der Waals surface area (Å²) in [4.78, 5) is 23.7. The molecule has 1 heterocycles. The van der Waals surface area contributed by atoms with Gasteiger partial charge in [-0.25, -0.2) is 9.78 Å². The Morgan fingerprint density at radius 2 is 1.96 bits per heavy atom. The minimum Gasteiger partial charge on any atom is -0.444 e. The Balaban J connectivity index is 0.00000729. The van der Waals surface area contributed by atoms with E-state index in [-0.39, 0.29) is 36.0 Å². The molecule has 0 fully saturated rings. The fraction of sp³-hybridized carbons (Fsp3) is 0.737. The molecule has 1 rings (SSSR count). The van der Waals surface area contributed by atoms with Gasteiger partial charge in [0.15, 0.2) is 5.96 Å². The van der Waals surface area contributed by atoms with Gasteiger partial charge in [0, 0.05) is 45.0 Å². The van der Waals surface area contributed by atoms with Crippen molar-refractivity contribution in [3.63, 3.8) is 0 Å². The number of thiazole rings is 1. The molecule has 28 heavy (non-hydrogen) atoms. The summed E-state index contributed by atoms with van der Waals surface area (Å²) in [6, 6.07) is 0. The first-order valence-electron chi connectivity index (χ1n) is 9.33. The van der Waals surface area contributed by atoms with Crippen LogP contribution in [0.3, 0.4) is 0 Å². The van der Waals surface area contributed by atoms with Crippen LogP contribution >= 0.6 is 35.3 Å². The second kappa shape index (κ2) is 12.5. The lowest BCUT2D eigenvalue weighted by Gasteiger charge is -2.26. The summed E-state index contributed by atoms with van der Waals surface area (Å²) in [6.45, 7) is 13.9. The molecule has 0 bridgehead atoms. The zero-order chi connectivity index (χ0) is 20.6. The van der Waals surface area contributed by atoms with Gasteiger partial charge in [0.1, 0.15) is 5.60 Å². The van der Waals surface area contributed by atoms with Crippen LogP contribution in [-0.4, -0.2) is 61.3 Å². The predicted octanol–water partition coefficient (Wildman–Crippen LogP) is 3.59. The van der Waals surface area contributed by atoms with Crippen molar-refractivity contribution in [2.75, 3.05) is 33.7 Å². The minimum absolute atomic E-state index is 0. The first kappa shape index (κ1) is 26.9. The molecule has 0 aliphatic heterocycles. The van der Waals surface area contributed by atoms with Crippen molar-refractivity contribution in [2.24, 2.45) is 10.9 Å². The average molecular weight is 526 g/mol. The Kier molecular flexibility index (Phi) is 12.0. The molecule has 0 aliphatic rings. The molecule has 1 amide bonds. The number of hydrogen-bond acceptors (Lipinski definition) is 5. The molecule has 0 spiro atoms. The standard InChI is InChI=1S/C19H35N5O2S.HI/c1-13(12-24(8)18(25)26-19(4,5)6)11-22-17(20-7)21-10-9-16-23-14(2)15(3)27-16;/h13H,9-12H2,1-8H3,(H2,20,21,22);1H. The lowest BCUT2D eigenvalue weighted by atomic mass is 10.1. The van der Waals surface area contributed by atoms with E-state index < -0.39 is 5.60 Å². The van der Waals surface area contributed by atoms with Gasteiger partial charge in [0.2, 0.25) is 0 Å². The highest BCUT2D eigenvalue weighted by molar-refractivity contribution is 14.0. The second-order valence-corrected chi connectivity index (χ2v) is 9.13. The number of ether oxygens (including phenoxy) is 1. The molecule has 1 atom stereocenters. The second-order valence-electron chi connectivity index (χ2n) is 7.85. The van der Waals surface area contributed by atoms with Crippen LogP contribution in [0, 0.1) is 19.8 Å². The van der Waals surface area contributed by atoms with Gasteiger partial charge in [-0.1, -0.05) is 6.92 Å². The number of guanidine groups is 1. The Morgan fingerprint density at radius 3 is 2.46 bits per heavy atom. The van der Waals surface area contributed by atoms with Crippen molar-refractivity contribution >= 4 is 47.4 Å². The number of hydrogen-bond donors (Lipinski definition) is 2. The van der Waals surface area contributed by atoms with E-state index >= 15 is 0 Å². The van der Waals surface area contributed by atoms with E-state index in [1.807, 2.05) is 27.7 Å². The van der Waals surface area contributed by atoms with Crippen molar-refractivity contribution in [3.8, 4) is 0 Å². The molecule has 2 N–H and O–H groups in total. The summed E-state index contributed by atoms with van der Waals surface area (Å²) in [5, 5.41) is 7.76. The van der Waals surface area contributed by atoms with E-state index in [1.54, 1.807) is 30.3 Å². The number of nitrogens with one attached hydrogen (secondary N) is 2. The number of carbonyl (C=O) groups is 1. The zero-order valence-electron chi connectivity index (χ0n) is 18.4. The lowest BCUT2D eigenvalue weighted by molar-refractivity contribution is 0.0278. The van der Waals surface area contributed by atoms with E-state index in [4.69, 9.17) is 4.74 Å². The molecule has 162 valence electrons. The molecular formula is C19H36IN5O2S. The fourth-order valence-electron chi connectivity index (χ4n) is 2.37. The maximum atomic E-state index is 12.0. The molecule has 1 aromatic rings. The first-order chi connectivity index (χ1) is 12.5. The van der Waals surface area contributed by atoms with Gasteiger partial charge < -0.3 is 20.3 Å². The van der Waals surface area contributed by atoms with Crippen molar-refractivity contribution < 1.29 is 9.53 Å². The summed E-state index contributed by atoms with van der Waals surface area (Å²) in [7, 11) is 3.51. The summed E-state index contributed by atoms with van der Waals surface area (Å²) < 4.78 is 5.38. The largest absolute Gasteiger partial charge is 0.444 e. The Morgan fingerprint density at radius 1 is 1.32 bits per heavy atom. The van der Waals surface area contributed by atoms with E-state index in [1.165, 1.54) is 4.88 Å². The quantitative estimate of drug-likeness (QED) is 0.323. The van der Waals surface area contributed by atoms with Crippen molar-refractivity contribution in [3.05, 3.63) is 15.6 Å². The third kappa shape index (κ3) is 10.4. The fourth-order valence-corrected chi connectivity index (χ4v) is 3.31. The van der Waals surface area contributed by atoms with Crippen molar-refractivity contribution in [2.45, 2.75) is 53.6 Å². The van der Waals surface area contributed by atoms with Gasteiger partial charge in [-0.15, -0.1) is 35.3 Å². The van der Waals surface area contributed by atoms with Crippen molar-refractivity contribution in [1.82, 2.24) is 20.5 Å². The SMILES string of the molecule is CN=C(NCCc1nc(C)c(C)s1)NCC(C)CN(C)C(=O)OC(C)(C)C.I. The van der Waals surface area contributed by atoms with E-state index in [0.29, 0.717) is 13.1 Å². The van der Waals surface area contributed by atoms with Gasteiger partial charge in [-0.3, -0.25) is 4.99 Å². The average Bonchev–Trinajstić information content (AvgIpc) is 2.87. The van der Waals surface area contributed by atoms with Crippen LogP contribution in [0.4, 0.5) is 4.79 Å².